The molecule has 1 aromatic rings. The largest absolute Gasteiger partial charge is 0.478 e. The number of rotatable bonds is 4. The van der Waals surface area contributed by atoms with Crippen molar-refractivity contribution in [3.63, 3.8) is 0 Å². The van der Waals surface area contributed by atoms with E-state index >= 15 is 0 Å². The third-order valence-electron chi connectivity index (χ3n) is 3.73. The number of nitrogens with one attached hydrogen (secondary N) is 1. The number of hydrogen-bond donors (Lipinski definition) is 2. The highest BCUT2D eigenvalue weighted by Gasteiger charge is 2.28. The fourth-order valence-corrected chi connectivity index (χ4v) is 2.92. The van der Waals surface area contributed by atoms with E-state index in [0.29, 0.717) is 16.7 Å². The second-order valence-corrected chi connectivity index (χ2v) is 6.28. The number of hydrogen-bond acceptors (Lipinski definition) is 2. The Hall–Kier alpha value is -1.03. The van der Waals surface area contributed by atoms with Gasteiger partial charge in [0.1, 0.15) is 0 Å². The predicted molar refractivity (Wildman–Crippen MR) is 76.2 cm³/mol. The minimum Gasteiger partial charge on any atom is -0.478 e. The summed E-state index contributed by atoms with van der Waals surface area (Å²) in [5.74, 6) is -0.887. The van der Waals surface area contributed by atoms with Crippen LogP contribution in [0.15, 0.2) is 22.7 Å². The molecule has 0 bridgehead atoms. The summed E-state index contributed by atoms with van der Waals surface area (Å²) in [6.07, 6.45) is 5.00. The van der Waals surface area contributed by atoms with Crippen LogP contribution in [0.5, 0.6) is 0 Å². The van der Waals surface area contributed by atoms with Crippen molar-refractivity contribution < 1.29 is 9.90 Å². The molecule has 0 heterocycles. The van der Waals surface area contributed by atoms with Gasteiger partial charge in [-0.1, -0.05) is 35.7 Å². The van der Waals surface area contributed by atoms with E-state index in [1.54, 1.807) is 12.1 Å². The Balaban J connectivity index is 2.12. The summed E-state index contributed by atoms with van der Waals surface area (Å²) in [5.41, 5.74) is 1.34. The summed E-state index contributed by atoms with van der Waals surface area (Å²) >= 11 is 3.38. The van der Waals surface area contributed by atoms with Gasteiger partial charge in [-0.05, 0) is 36.5 Å². The number of anilines is 1. The van der Waals surface area contributed by atoms with Crippen molar-refractivity contribution in [1.29, 1.82) is 0 Å². The summed E-state index contributed by atoms with van der Waals surface area (Å²) in [5, 5.41) is 12.5. The topological polar surface area (TPSA) is 49.3 Å². The molecule has 98 valence electrons. The molecule has 4 heteroatoms. The van der Waals surface area contributed by atoms with E-state index in [1.807, 2.05) is 6.07 Å². The maximum absolute atomic E-state index is 11.2. The van der Waals surface area contributed by atoms with Gasteiger partial charge in [-0.25, -0.2) is 4.79 Å². The SMILES string of the molecule is CC1(CNc2cc(Br)ccc2C(=O)O)CCCC1. The second kappa shape index (κ2) is 5.31. The molecule has 1 fully saturated rings. The highest BCUT2D eigenvalue weighted by Crippen LogP contribution is 2.37. The van der Waals surface area contributed by atoms with Crippen LogP contribution in [0.3, 0.4) is 0 Å². The van der Waals surface area contributed by atoms with E-state index in [9.17, 15) is 4.79 Å². The molecule has 1 aromatic carbocycles. The maximum atomic E-state index is 11.2. The van der Waals surface area contributed by atoms with Crippen molar-refractivity contribution in [1.82, 2.24) is 0 Å². The Morgan fingerprint density at radius 1 is 1.44 bits per heavy atom. The van der Waals surface area contributed by atoms with Crippen LogP contribution in [-0.2, 0) is 0 Å². The first-order valence-electron chi connectivity index (χ1n) is 6.27. The van der Waals surface area contributed by atoms with Crippen molar-refractivity contribution >= 4 is 27.6 Å². The summed E-state index contributed by atoms with van der Waals surface area (Å²) in [6, 6.07) is 5.22. The third kappa shape index (κ3) is 3.05. The zero-order valence-corrected chi connectivity index (χ0v) is 12.1. The van der Waals surface area contributed by atoms with Crippen LogP contribution in [-0.4, -0.2) is 17.6 Å². The number of benzene rings is 1. The van der Waals surface area contributed by atoms with Gasteiger partial charge in [0.25, 0.3) is 0 Å². The predicted octanol–water partition coefficient (Wildman–Crippen LogP) is 4.14. The number of carboxylic acids is 1. The first-order chi connectivity index (χ1) is 8.50. The number of halogens is 1. The van der Waals surface area contributed by atoms with E-state index < -0.39 is 5.97 Å². The zero-order valence-electron chi connectivity index (χ0n) is 10.5. The normalized spacial score (nSPS) is 17.7. The maximum Gasteiger partial charge on any atom is 0.337 e. The molecule has 0 unspecified atom stereocenters. The fraction of sp³-hybridized carbons (Fsp3) is 0.500. The molecule has 1 saturated carbocycles. The van der Waals surface area contributed by atoms with Crippen molar-refractivity contribution in [2.24, 2.45) is 5.41 Å². The molecule has 1 aliphatic rings. The van der Waals surface area contributed by atoms with Crippen LogP contribution < -0.4 is 5.32 Å². The Labute approximate surface area is 116 Å². The average molecular weight is 312 g/mol. The molecule has 18 heavy (non-hydrogen) atoms. The lowest BCUT2D eigenvalue weighted by Crippen LogP contribution is -2.23. The Morgan fingerprint density at radius 3 is 2.72 bits per heavy atom. The average Bonchev–Trinajstić information content (AvgIpc) is 2.74. The molecule has 2 rings (SSSR count). The van der Waals surface area contributed by atoms with Crippen LogP contribution >= 0.6 is 15.9 Å². The monoisotopic (exact) mass is 311 g/mol. The van der Waals surface area contributed by atoms with E-state index in [-0.39, 0.29) is 0 Å². The minimum absolute atomic E-state index is 0.304. The van der Waals surface area contributed by atoms with Gasteiger partial charge < -0.3 is 10.4 Å². The Bertz CT molecular complexity index is 453. The molecule has 0 amide bonds. The Kier molecular flexibility index (Phi) is 3.95. The smallest absolute Gasteiger partial charge is 0.337 e. The third-order valence-corrected chi connectivity index (χ3v) is 4.22. The molecule has 0 aliphatic heterocycles. The molecule has 0 saturated heterocycles. The van der Waals surface area contributed by atoms with Crippen molar-refractivity contribution in [3.05, 3.63) is 28.2 Å². The van der Waals surface area contributed by atoms with Gasteiger partial charge in [-0.15, -0.1) is 0 Å². The second-order valence-electron chi connectivity index (χ2n) is 5.37. The quantitative estimate of drug-likeness (QED) is 0.878. The summed E-state index contributed by atoms with van der Waals surface area (Å²) in [4.78, 5) is 11.2. The van der Waals surface area contributed by atoms with E-state index in [0.717, 1.165) is 11.0 Å². The van der Waals surface area contributed by atoms with Crippen molar-refractivity contribution in [3.8, 4) is 0 Å². The van der Waals surface area contributed by atoms with Gasteiger partial charge in [0.2, 0.25) is 0 Å². The molecular weight excluding hydrogens is 294 g/mol. The van der Waals surface area contributed by atoms with Gasteiger partial charge in [0, 0.05) is 16.7 Å². The fourth-order valence-electron chi connectivity index (χ4n) is 2.56. The summed E-state index contributed by atoms with van der Waals surface area (Å²) in [6.45, 7) is 3.11. The first kappa shape index (κ1) is 13.4. The van der Waals surface area contributed by atoms with Gasteiger partial charge in [0.15, 0.2) is 0 Å². The molecule has 0 aromatic heterocycles. The molecule has 0 spiro atoms. The van der Waals surface area contributed by atoms with Crippen molar-refractivity contribution in [2.75, 3.05) is 11.9 Å². The zero-order chi connectivity index (χ0) is 13.2. The van der Waals surface area contributed by atoms with E-state index in [4.69, 9.17) is 5.11 Å². The molecule has 2 N–H and O–H groups in total. The first-order valence-corrected chi connectivity index (χ1v) is 7.06. The van der Waals surface area contributed by atoms with Crippen LogP contribution in [0.25, 0.3) is 0 Å². The van der Waals surface area contributed by atoms with Crippen LogP contribution in [0.4, 0.5) is 5.69 Å². The van der Waals surface area contributed by atoms with Gasteiger partial charge in [0.05, 0.1) is 5.56 Å². The van der Waals surface area contributed by atoms with Gasteiger partial charge in [-0.2, -0.15) is 0 Å². The summed E-state index contributed by atoms with van der Waals surface area (Å²) in [7, 11) is 0. The van der Waals surface area contributed by atoms with E-state index in [1.165, 1.54) is 25.7 Å². The summed E-state index contributed by atoms with van der Waals surface area (Å²) < 4.78 is 0.895. The molecule has 3 nitrogen and oxygen atoms in total. The van der Waals surface area contributed by atoms with Gasteiger partial charge in [-0.3, -0.25) is 0 Å². The Morgan fingerprint density at radius 2 is 2.11 bits per heavy atom. The lowest BCUT2D eigenvalue weighted by Gasteiger charge is -2.25. The van der Waals surface area contributed by atoms with Gasteiger partial charge >= 0.3 is 5.97 Å². The standard InChI is InChI=1S/C14H18BrNO2/c1-14(6-2-3-7-14)9-16-12-8-10(15)4-5-11(12)13(17)18/h4-5,8,16H,2-3,6-7,9H2,1H3,(H,17,18). The molecule has 0 atom stereocenters. The lowest BCUT2D eigenvalue weighted by atomic mass is 9.89. The van der Waals surface area contributed by atoms with Crippen LogP contribution in [0.2, 0.25) is 0 Å². The highest BCUT2D eigenvalue weighted by atomic mass is 79.9. The molecular formula is C14H18BrNO2. The molecule has 0 radical (unpaired) electrons. The lowest BCUT2D eigenvalue weighted by molar-refractivity contribution is 0.0698. The molecule has 1 aliphatic carbocycles. The number of aromatic carboxylic acids is 1. The van der Waals surface area contributed by atoms with Crippen LogP contribution in [0.1, 0.15) is 43.0 Å². The van der Waals surface area contributed by atoms with Crippen LogP contribution in [0, 0.1) is 5.41 Å². The minimum atomic E-state index is -0.887. The highest BCUT2D eigenvalue weighted by molar-refractivity contribution is 9.10. The van der Waals surface area contributed by atoms with E-state index in [2.05, 4.69) is 28.2 Å². The van der Waals surface area contributed by atoms with Crippen molar-refractivity contribution in [2.45, 2.75) is 32.6 Å². The number of carbonyl (C=O) groups is 1. The number of carboxylic acid groups (broad SMARTS) is 1.